The maximum atomic E-state index is 12.3. The number of nitrogens with zero attached hydrogens (tertiary/aromatic N) is 1. The van der Waals surface area contributed by atoms with E-state index in [0.717, 1.165) is 30.5 Å². The first-order chi connectivity index (χ1) is 12.0. The van der Waals surface area contributed by atoms with Gasteiger partial charge in [0.1, 0.15) is 5.75 Å². The number of benzene rings is 2. The zero-order valence-corrected chi connectivity index (χ0v) is 15.3. The molecule has 2 aromatic rings. The predicted octanol–water partition coefficient (Wildman–Crippen LogP) is 4.62. The number of carbonyl (C=O) groups excluding carboxylic acids is 1. The summed E-state index contributed by atoms with van der Waals surface area (Å²) in [6.07, 6.45) is 2.17. The van der Waals surface area contributed by atoms with Crippen LogP contribution >= 0.6 is 23.2 Å². The van der Waals surface area contributed by atoms with Crippen molar-refractivity contribution in [2.24, 2.45) is 5.10 Å². The van der Waals surface area contributed by atoms with Crippen LogP contribution in [0.5, 0.6) is 5.75 Å². The topological polar surface area (TPSA) is 50.7 Å². The Bertz CT molecular complexity index is 821. The van der Waals surface area contributed by atoms with E-state index >= 15 is 0 Å². The summed E-state index contributed by atoms with van der Waals surface area (Å²) in [7, 11) is 0. The SMILES string of the molecule is CC(Oc1ccc(Cl)cc1Cl)C(=O)N/N=C1/CCCc2ccccc21. The van der Waals surface area contributed by atoms with Gasteiger partial charge in [-0.2, -0.15) is 5.10 Å². The number of fused-ring (bicyclic) bond motifs is 1. The van der Waals surface area contributed by atoms with E-state index in [0.29, 0.717) is 15.8 Å². The van der Waals surface area contributed by atoms with Crippen molar-refractivity contribution < 1.29 is 9.53 Å². The number of hydrogen-bond acceptors (Lipinski definition) is 3. The summed E-state index contributed by atoms with van der Waals surface area (Å²) >= 11 is 11.9. The van der Waals surface area contributed by atoms with Crippen molar-refractivity contribution >= 4 is 34.8 Å². The van der Waals surface area contributed by atoms with Crippen molar-refractivity contribution in [2.45, 2.75) is 32.3 Å². The van der Waals surface area contributed by atoms with Gasteiger partial charge in [0.25, 0.3) is 5.91 Å². The Morgan fingerprint density at radius 1 is 1.20 bits per heavy atom. The van der Waals surface area contributed by atoms with Crippen LogP contribution in [0.1, 0.15) is 30.9 Å². The van der Waals surface area contributed by atoms with Crippen LogP contribution in [0.4, 0.5) is 0 Å². The van der Waals surface area contributed by atoms with Gasteiger partial charge in [0, 0.05) is 10.6 Å². The Hall–Kier alpha value is -2.04. The molecule has 1 amide bonds. The molecule has 0 saturated carbocycles. The van der Waals surface area contributed by atoms with Crippen LogP contribution in [0.3, 0.4) is 0 Å². The number of aryl methyl sites for hydroxylation is 1. The van der Waals surface area contributed by atoms with Crippen LogP contribution in [0, 0.1) is 0 Å². The molecule has 0 saturated heterocycles. The second-order valence-corrected chi connectivity index (χ2v) is 6.72. The molecule has 1 N–H and O–H groups in total. The minimum absolute atomic E-state index is 0.332. The van der Waals surface area contributed by atoms with Crippen molar-refractivity contribution in [3.8, 4) is 5.75 Å². The van der Waals surface area contributed by atoms with Crippen molar-refractivity contribution in [2.75, 3.05) is 0 Å². The van der Waals surface area contributed by atoms with Gasteiger partial charge < -0.3 is 4.74 Å². The van der Waals surface area contributed by atoms with E-state index in [1.165, 1.54) is 5.56 Å². The summed E-state index contributed by atoms with van der Waals surface area (Å²) in [6, 6.07) is 13.0. The normalized spacial score (nSPS) is 16.2. The quantitative estimate of drug-likeness (QED) is 0.791. The molecule has 1 unspecified atom stereocenters. The lowest BCUT2D eigenvalue weighted by molar-refractivity contribution is -0.127. The van der Waals surface area contributed by atoms with Crippen molar-refractivity contribution in [3.05, 3.63) is 63.6 Å². The summed E-state index contributed by atoms with van der Waals surface area (Å²) in [5.41, 5.74) is 5.86. The molecule has 0 aromatic heterocycles. The van der Waals surface area contributed by atoms with E-state index in [1.807, 2.05) is 18.2 Å². The molecule has 6 heteroatoms. The molecule has 0 radical (unpaired) electrons. The number of carbonyl (C=O) groups is 1. The molecular weight excluding hydrogens is 359 g/mol. The van der Waals surface area contributed by atoms with Gasteiger partial charge in [0.15, 0.2) is 6.10 Å². The molecule has 130 valence electrons. The molecule has 1 aliphatic carbocycles. The number of amides is 1. The fraction of sp³-hybridized carbons (Fsp3) is 0.263. The number of ether oxygens (including phenoxy) is 1. The van der Waals surface area contributed by atoms with Gasteiger partial charge in [0.05, 0.1) is 10.7 Å². The lowest BCUT2D eigenvalue weighted by atomic mass is 9.90. The second kappa shape index (κ2) is 7.89. The molecule has 25 heavy (non-hydrogen) atoms. The fourth-order valence-electron chi connectivity index (χ4n) is 2.75. The van der Waals surface area contributed by atoms with Crippen LogP contribution in [0.2, 0.25) is 10.0 Å². The third-order valence-electron chi connectivity index (χ3n) is 4.06. The Kier molecular flexibility index (Phi) is 5.61. The average molecular weight is 377 g/mol. The first kappa shape index (κ1) is 17.8. The van der Waals surface area contributed by atoms with E-state index in [2.05, 4.69) is 16.6 Å². The number of nitrogens with one attached hydrogen (secondary N) is 1. The van der Waals surface area contributed by atoms with Gasteiger partial charge in [-0.15, -0.1) is 0 Å². The minimum atomic E-state index is -0.734. The van der Waals surface area contributed by atoms with Crippen molar-refractivity contribution in [3.63, 3.8) is 0 Å². The van der Waals surface area contributed by atoms with Crippen LogP contribution in [-0.4, -0.2) is 17.7 Å². The third kappa shape index (κ3) is 4.33. The number of hydrogen-bond donors (Lipinski definition) is 1. The predicted molar refractivity (Wildman–Crippen MR) is 101 cm³/mol. The third-order valence-corrected chi connectivity index (χ3v) is 4.59. The maximum absolute atomic E-state index is 12.3. The summed E-state index contributed by atoms with van der Waals surface area (Å²) in [5.74, 6) is 0.0750. The van der Waals surface area contributed by atoms with Gasteiger partial charge in [-0.1, -0.05) is 47.5 Å². The Morgan fingerprint density at radius 3 is 2.80 bits per heavy atom. The largest absolute Gasteiger partial charge is 0.479 e. The average Bonchev–Trinajstić information content (AvgIpc) is 2.61. The summed E-state index contributed by atoms with van der Waals surface area (Å²) in [6.45, 7) is 1.65. The molecule has 0 spiro atoms. The highest BCUT2D eigenvalue weighted by Gasteiger charge is 2.18. The Labute approximate surface area is 156 Å². The van der Waals surface area contributed by atoms with Gasteiger partial charge in [-0.3, -0.25) is 4.79 Å². The lowest BCUT2D eigenvalue weighted by Crippen LogP contribution is -2.34. The van der Waals surface area contributed by atoms with Crippen LogP contribution in [0.25, 0.3) is 0 Å². The number of hydrazone groups is 1. The Morgan fingerprint density at radius 2 is 2.00 bits per heavy atom. The monoisotopic (exact) mass is 376 g/mol. The molecule has 4 nitrogen and oxygen atoms in total. The molecule has 3 rings (SSSR count). The van der Waals surface area contributed by atoms with Gasteiger partial charge in [-0.25, -0.2) is 5.43 Å². The molecule has 1 aliphatic rings. The Balaban J connectivity index is 1.66. The molecule has 0 fully saturated rings. The summed E-state index contributed by atoms with van der Waals surface area (Å²) in [4.78, 5) is 12.3. The minimum Gasteiger partial charge on any atom is -0.479 e. The van der Waals surface area contributed by atoms with Crippen molar-refractivity contribution in [1.29, 1.82) is 0 Å². The number of rotatable bonds is 4. The summed E-state index contributed by atoms with van der Waals surface area (Å²) < 4.78 is 5.60. The lowest BCUT2D eigenvalue weighted by Gasteiger charge is -2.18. The zero-order chi connectivity index (χ0) is 17.8. The standard InChI is InChI=1S/C19H18Cl2N2O2/c1-12(25-18-10-9-14(20)11-16(18)21)19(24)23-22-17-8-4-6-13-5-2-3-7-15(13)17/h2-3,5,7,9-12H,4,6,8H2,1H3,(H,23,24)/b22-17-. The van der Waals surface area contributed by atoms with Crippen LogP contribution in [-0.2, 0) is 11.2 Å². The highest BCUT2D eigenvalue weighted by Crippen LogP contribution is 2.28. The molecule has 0 heterocycles. The summed E-state index contributed by atoms with van der Waals surface area (Å²) in [5, 5.41) is 5.18. The van der Waals surface area contributed by atoms with Crippen LogP contribution in [0.15, 0.2) is 47.6 Å². The van der Waals surface area contributed by atoms with Gasteiger partial charge in [0.2, 0.25) is 0 Å². The first-order valence-corrected chi connectivity index (χ1v) is 8.86. The fourth-order valence-corrected chi connectivity index (χ4v) is 3.20. The van der Waals surface area contributed by atoms with Crippen molar-refractivity contribution in [1.82, 2.24) is 5.43 Å². The molecule has 0 bridgehead atoms. The maximum Gasteiger partial charge on any atom is 0.280 e. The first-order valence-electron chi connectivity index (χ1n) is 8.11. The van der Waals surface area contributed by atoms with E-state index in [1.54, 1.807) is 25.1 Å². The highest BCUT2D eigenvalue weighted by molar-refractivity contribution is 6.35. The van der Waals surface area contributed by atoms with E-state index < -0.39 is 6.10 Å². The van der Waals surface area contributed by atoms with Gasteiger partial charge >= 0.3 is 0 Å². The van der Waals surface area contributed by atoms with E-state index in [-0.39, 0.29) is 5.91 Å². The van der Waals surface area contributed by atoms with Gasteiger partial charge in [-0.05, 0) is 49.9 Å². The molecule has 0 aliphatic heterocycles. The second-order valence-electron chi connectivity index (χ2n) is 5.88. The smallest absolute Gasteiger partial charge is 0.280 e. The highest BCUT2D eigenvalue weighted by atomic mass is 35.5. The zero-order valence-electron chi connectivity index (χ0n) is 13.8. The molecular formula is C19H18Cl2N2O2. The molecule has 1 atom stereocenters. The molecule has 2 aromatic carbocycles. The van der Waals surface area contributed by atoms with E-state index in [4.69, 9.17) is 27.9 Å². The number of halogens is 2. The van der Waals surface area contributed by atoms with Crippen LogP contribution < -0.4 is 10.2 Å². The van der Waals surface area contributed by atoms with E-state index in [9.17, 15) is 4.79 Å².